The van der Waals surface area contributed by atoms with Crippen LogP contribution in [0, 0.1) is 6.92 Å². The third-order valence-corrected chi connectivity index (χ3v) is 3.77. The lowest BCUT2D eigenvalue weighted by atomic mass is 10.2. The minimum Gasteiger partial charge on any atom is -0.347 e. The van der Waals surface area contributed by atoms with Crippen molar-refractivity contribution in [2.24, 2.45) is 0 Å². The highest BCUT2D eigenvalue weighted by Crippen LogP contribution is 2.13. The van der Waals surface area contributed by atoms with Crippen LogP contribution in [0.25, 0.3) is 0 Å². The van der Waals surface area contributed by atoms with E-state index in [-0.39, 0.29) is 11.4 Å². The first-order valence-electron chi connectivity index (χ1n) is 5.54. The number of sulfonamides is 1. The molecule has 0 spiro atoms. The Balaban J connectivity index is 2.49. The Morgan fingerprint density at radius 3 is 2.20 bits per heavy atom. The van der Waals surface area contributed by atoms with Gasteiger partial charge in [0, 0.05) is 13.1 Å². The third kappa shape index (κ3) is 4.82. The smallest absolute Gasteiger partial charge is 0.347 e. The van der Waals surface area contributed by atoms with E-state index in [2.05, 4.69) is 4.72 Å². The van der Waals surface area contributed by atoms with Crippen molar-refractivity contribution in [1.29, 1.82) is 0 Å². The summed E-state index contributed by atoms with van der Waals surface area (Å²) in [6, 6.07) is 5.96. The summed E-state index contributed by atoms with van der Waals surface area (Å²) in [7, 11) is -3.79. The van der Waals surface area contributed by atoms with Crippen molar-refractivity contribution in [3.63, 3.8) is 0 Å². The van der Waals surface area contributed by atoms with E-state index in [0.717, 1.165) is 5.56 Å². The average molecular weight is 310 g/mol. The first-order valence-corrected chi connectivity index (χ1v) is 7.02. The van der Waals surface area contributed by atoms with Gasteiger partial charge in [-0.15, -0.1) is 0 Å². The zero-order valence-electron chi connectivity index (χ0n) is 10.5. The number of nitrogens with one attached hydrogen (secondary N) is 2. The van der Waals surface area contributed by atoms with Crippen LogP contribution in [-0.2, 0) is 14.8 Å². The van der Waals surface area contributed by atoms with Gasteiger partial charge in [0.05, 0.1) is 4.90 Å². The Hall–Kier alpha value is -1.61. The fourth-order valence-electron chi connectivity index (χ4n) is 1.26. The van der Waals surface area contributed by atoms with Crippen LogP contribution in [0.2, 0.25) is 0 Å². The maximum atomic E-state index is 11.9. The number of benzene rings is 1. The fraction of sp³-hybridized carbons (Fsp3) is 0.364. The van der Waals surface area contributed by atoms with Crippen molar-refractivity contribution in [3.05, 3.63) is 29.8 Å². The summed E-state index contributed by atoms with van der Waals surface area (Å²) in [6.45, 7) is 0.998. The van der Waals surface area contributed by atoms with Gasteiger partial charge in [0.25, 0.3) is 0 Å². The summed E-state index contributed by atoms with van der Waals surface area (Å²) in [5.41, 5.74) is 0.876. The highest BCUT2D eigenvalue weighted by molar-refractivity contribution is 7.89. The number of carbonyl (C=O) groups is 1. The second kappa shape index (κ2) is 6.23. The highest BCUT2D eigenvalue weighted by Gasteiger charge is 2.38. The monoisotopic (exact) mass is 310 g/mol. The summed E-state index contributed by atoms with van der Waals surface area (Å²) in [6.07, 6.45) is -4.98. The highest BCUT2D eigenvalue weighted by atomic mass is 32.2. The van der Waals surface area contributed by atoms with Crippen molar-refractivity contribution in [2.75, 3.05) is 13.1 Å². The largest absolute Gasteiger partial charge is 0.471 e. The maximum absolute atomic E-state index is 11.9. The SMILES string of the molecule is Cc1ccc(S(=O)(=O)NCCNC(=O)C(F)(F)F)cc1. The molecular formula is C11H13F3N2O3S. The predicted molar refractivity (Wildman–Crippen MR) is 65.4 cm³/mol. The Morgan fingerprint density at radius 2 is 1.70 bits per heavy atom. The normalized spacial score (nSPS) is 12.2. The van der Waals surface area contributed by atoms with Crippen LogP contribution in [0.1, 0.15) is 5.56 Å². The molecule has 1 aromatic carbocycles. The first-order chi connectivity index (χ1) is 9.13. The Morgan fingerprint density at radius 1 is 1.15 bits per heavy atom. The standard InChI is InChI=1S/C11H13F3N2O3S/c1-8-2-4-9(5-3-8)20(18,19)16-7-6-15-10(17)11(12,13)14/h2-5,16H,6-7H2,1H3,(H,15,17). The van der Waals surface area contributed by atoms with E-state index < -0.39 is 28.7 Å². The van der Waals surface area contributed by atoms with Crippen LogP contribution in [0.15, 0.2) is 29.2 Å². The second-order valence-electron chi connectivity index (χ2n) is 3.96. The summed E-state index contributed by atoms with van der Waals surface area (Å²) in [4.78, 5) is 10.5. The van der Waals surface area contributed by atoms with Crippen molar-refractivity contribution >= 4 is 15.9 Å². The lowest BCUT2D eigenvalue weighted by Crippen LogP contribution is -2.41. The van der Waals surface area contributed by atoms with Crippen molar-refractivity contribution < 1.29 is 26.4 Å². The maximum Gasteiger partial charge on any atom is 0.471 e. The van der Waals surface area contributed by atoms with E-state index in [1.807, 2.05) is 0 Å². The molecule has 5 nitrogen and oxygen atoms in total. The molecule has 1 aromatic rings. The summed E-state index contributed by atoms with van der Waals surface area (Å²) in [5.74, 6) is -2.10. The quantitative estimate of drug-likeness (QED) is 0.795. The van der Waals surface area contributed by atoms with Gasteiger partial charge in [-0.25, -0.2) is 13.1 Å². The van der Waals surface area contributed by atoms with Gasteiger partial charge in [0.15, 0.2) is 0 Å². The van der Waals surface area contributed by atoms with Crippen molar-refractivity contribution in [1.82, 2.24) is 10.0 Å². The van der Waals surface area contributed by atoms with E-state index in [9.17, 15) is 26.4 Å². The average Bonchev–Trinajstić information content (AvgIpc) is 2.33. The summed E-state index contributed by atoms with van der Waals surface area (Å²) in [5, 5.41) is 1.56. The molecule has 0 radical (unpaired) electrons. The number of aryl methyl sites for hydroxylation is 1. The molecule has 0 unspecified atom stereocenters. The summed E-state index contributed by atoms with van der Waals surface area (Å²) >= 11 is 0. The minimum absolute atomic E-state index is 0.00486. The van der Waals surface area contributed by atoms with Crippen LogP contribution in [0.4, 0.5) is 13.2 Å². The zero-order chi connectivity index (χ0) is 15.4. The molecule has 0 saturated carbocycles. The topological polar surface area (TPSA) is 75.3 Å². The number of carbonyl (C=O) groups excluding carboxylic acids is 1. The van der Waals surface area contributed by atoms with Gasteiger partial charge in [-0.05, 0) is 19.1 Å². The zero-order valence-corrected chi connectivity index (χ0v) is 11.3. The van der Waals surface area contributed by atoms with E-state index in [1.54, 1.807) is 24.4 Å². The lowest BCUT2D eigenvalue weighted by Gasteiger charge is -2.09. The predicted octanol–water partition coefficient (Wildman–Crippen LogP) is 0.952. The molecule has 0 aromatic heterocycles. The number of hydrogen-bond donors (Lipinski definition) is 2. The molecule has 0 atom stereocenters. The number of rotatable bonds is 5. The van der Waals surface area contributed by atoms with Crippen LogP contribution in [-0.4, -0.2) is 33.6 Å². The molecule has 0 aliphatic rings. The molecule has 0 bridgehead atoms. The summed E-state index contributed by atoms with van der Waals surface area (Å²) < 4.78 is 61.2. The first kappa shape index (κ1) is 16.4. The Kier molecular flexibility index (Phi) is 5.12. The Labute approximate surface area is 114 Å². The van der Waals surface area contributed by atoms with Crippen LogP contribution >= 0.6 is 0 Å². The number of hydrogen-bond acceptors (Lipinski definition) is 3. The molecule has 0 fully saturated rings. The molecule has 0 aliphatic carbocycles. The molecule has 1 amide bonds. The van der Waals surface area contributed by atoms with E-state index >= 15 is 0 Å². The second-order valence-corrected chi connectivity index (χ2v) is 5.73. The van der Waals surface area contributed by atoms with Gasteiger partial charge < -0.3 is 5.32 Å². The third-order valence-electron chi connectivity index (χ3n) is 2.29. The fourth-order valence-corrected chi connectivity index (χ4v) is 2.29. The molecule has 20 heavy (non-hydrogen) atoms. The number of amides is 1. The molecule has 0 heterocycles. The van der Waals surface area contributed by atoms with Gasteiger partial charge in [0.1, 0.15) is 0 Å². The van der Waals surface area contributed by atoms with Gasteiger partial charge in [-0.3, -0.25) is 4.79 Å². The van der Waals surface area contributed by atoms with Gasteiger partial charge in [-0.1, -0.05) is 17.7 Å². The van der Waals surface area contributed by atoms with Crippen LogP contribution in [0.5, 0.6) is 0 Å². The van der Waals surface area contributed by atoms with E-state index in [1.165, 1.54) is 12.1 Å². The van der Waals surface area contributed by atoms with Crippen molar-refractivity contribution in [2.45, 2.75) is 18.0 Å². The molecule has 9 heteroatoms. The molecule has 1 rings (SSSR count). The Bertz CT molecular complexity index is 568. The van der Waals surface area contributed by atoms with Crippen molar-refractivity contribution in [3.8, 4) is 0 Å². The molecule has 0 aliphatic heterocycles. The van der Waals surface area contributed by atoms with Crippen LogP contribution in [0.3, 0.4) is 0 Å². The van der Waals surface area contributed by atoms with E-state index in [0.29, 0.717) is 0 Å². The number of alkyl halides is 3. The molecule has 112 valence electrons. The minimum atomic E-state index is -4.98. The van der Waals surface area contributed by atoms with Gasteiger partial charge >= 0.3 is 12.1 Å². The lowest BCUT2D eigenvalue weighted by molar-refractivity contribution is -0.173. The molecule has 2 N–H and O–H groups in total. The molecular weight excluding hydrogens is 297 g/mol. The van der Waals surface area contributed by atoms with E-state index in [4.69, 9.17) is 0 Å². The number of halogens is 3. The van der Waals surface area contributed by atoms with Gasteiger partial charge in [0.2, 0.25) is 10.0 Å². The van der Waals surface area contributed by atoms with Crippen LogP contribution < -0.4 is 10.0 Å². The molecule has 0 saturated heterocycles. The van der Waals surface area contributed by atoms with Gasteiger partial charge in [-0.2, -0.15) is 13.2 Å².